The minimum Gasteiger partial charge on any atom is -0.490 e. The molecule has 1 saturated heterocycles. The van der Waals surface area contributed by atoms with Gasteiger partial charge in [-0.1, -0.05) is 30.4 Å². The zero-order chi connectivity index (χ0) is 35.5. The maximum absolute atomic E-state index is 14.3. The first-order valence-corrected chi connectivity index (χ1v) is 16.7. The topological polar surface area (TPSA) is 98.4 Å². The molecule has 0 bridgehead atoms. The number of piperidine rings is 1. The summed E-state index contributed by atoms with van der Waals surface area (Å²) >= 11 is 0. The van der Waals surface area contributed by atoms with Crippen molar-refractivity contribution in [3.63, 3.8) is 0 Å². The van der Waals surface area contributed by atoms with Gasteiger partial charge in [0.05, 0.1) is 35.2 Å². The van der Waals surface area contributed by atoms with E-state index in [1.54, 1.807) is 22.7 Å². The Morgan fingerprint density at radius 1 is 1.10 bits per heavy atom. The van der Waals surface area contributed by atoms with Crippen molar-refractivity contribution >= 4 is 17.4 Å². The summed E-state index contributed by atoms with van der Waals surface area (Å²) in [4.78, 5) is 19.8. The molecule has 0 spiro atoms. The van der Waals surface area contributed by atoms with Crippen molar-refractivity contribution < 1.29 is 28.5 Å². The number of carboxylic acids is 1. The number of anilines is 1. The summed E-state index contributed by atoms with van der Waals surface area (Å²) < 4.78 is 34.5. The maximum Gasteiger partial charge on any atom is 0.337 e. The Morgan fingerprint density at radius 3 is 2.47 bits per heavy atom. The summed E-state index contributed by atoms with van der Waals surface area (Å²) in [5, 5.41) is 15.5. The van der Waals surface area contributed by atoms with Crippen LogP contribution in [0.15, 0.2) is 73.8 Å². The third kappa shape index (κ3) is 8.20. The molecule has 49 heavy (non-hydrogen) atoms. The van der Waals surface area contributed by atoms with E-state index in [0.29, 0.717) is 60.3 Å². The van der Waals surface area contributed by atoms with Gasteiger partial charge in [-0.2, -0.15) is 9.61 Å². The molecule has 5 rings (SSSR count). The number of carboxylic acid groups (broad SMARTS) is 1. The highest BCUT2D eigenvalue weighted by atomic mass is 19.1. The van der Waals surface area contributed by atoms with Crippen molar-refractivity contribution in [3.05, 3.63) is 90.9 Å². The summed E-state index contributed by atoms with van der Waals surface area (Å²) in [5.74, 6) is -0.404. The Balaban J connectivity index is 1.62. The smallest absolute Gasteiger partial charge is 0.337 e. The van der Waals surface area contributed by atoms with Crippen LogP contribution in [-0.2, 0) is 14.3 Å². The number of nitrogens with zero attached hydrogens (tertiary/aromatic N) is 4. The number of hydrogen-bond donors (Lipinski definition) is 1. The van der Waals surface area contributed by atoms with E-state index in [0.717, 1.165) is 29.5 Å². The zero-order valence-corrected chi connectivity index (χ0v) is 29.3. The molecule has 0 radical (unpaired) electrons. The van der Waals surface area contributed by atoms with Gasteiger partial charge in [-0.15, -0.1) is 13.2 Å². The predicted octanol–water partition coefficient (Wildman–Crippen LogP) is 8.36. The molecule has 1 unspecified atom stereocenters. The lowest BCUT2D eigenvalue weighted by atomic mass is 9.92. The molecule has 3 heterocycles. The van der Waals surface area contributed by atoms with Crippen LogP contribution < -0.4 is 9.64 Å². The Kier molecular flexibility index (Phi) is 10.6. The quantitative estimate of drug-likeness (QED) is 0.142. The van der Waals surface area contributed by atoms with Crippen LogP contribution in [0.25, 0.3) is 28.0 Å². The van der Waals surface area contributed by atoms with Crippen LogP contribution in [0.4, 0.5) is 10.2 Å². The molecular formula is C39H47FN4O5. The van der Waals surface area contributed by atoms with E-state index in [2.05, 4.69) is 25.0 Å². The fourth-order valence-corrected chi connectivity index (χ4v) is 6.23. The number of aromatic nitrogens is 3. The number of hydrogen-bond acceptors (Lipinski definition) is 7. The first kappa shape index (κ1) is 35.8. The van der Waals surface area contributed by atoms with Gasteiger partial charge >= 0.3 is 5.97 Å². The molecule has 1 N–H and O–H groups in total. The largest absolute Gasteiger partial charge is 0.490 e. The molecule has 0 amide bonds. The van der Waals surface area contributed by atoms with Gasteiger partial charge in [-0.25, -0.2) is 14.2 Å². The number of fused-ring (bicyclic) bond motifs is 1. The number of aryl methyl sites for hydroxylation is 1. The SMILES string of the molecule is C=CCOC1(C)CCN(c2c(C(OC(C)(C)C)C(=O)O)c(C)nc3cc(-c4cccc(-c5ccc(F)cc5O[C@@H](C)CC=C)c4)nn23)CC1. The molecule has 4 aromatic rings. The van der Waals surface area contributed by atoms with Gasteiger partial charge in [0.1, 0.15) is 17.4 Å². The predicted molar refractivity (Wildman–Crippen MR) is 191 cm³/mol. The third-order valence-electron chi connectivity index (χ3n) is 8.67. The Bertz CT molecular complexity index is 1840. The lowest BCUT2D eigenvalue weighted by molar-refractivity contribution is -0.160. The van der Waals surface area contributed by atoms with Gasteiger partial charge in [0.2, 0.25) is 0 Å². The summed E-state index contributed by atoms with van der Waals surface area (Å²) in [6.07, 6.45) is 4.15. The first-order valence-electron chi connectivity index (χ1n) is 16.7. The lowest BCUT2D eigenvalue weighted by Crippen LogP contribution is -2.45. The number of benzene rings is 2. The van der Waals surface area contributed by atoms with Crippen LogP contribution in [0.2, 0.25) is 0 Å². The van der Waals surface area contributed by atoms with E-state index in [1.165, 1.54) is 12.1 Å². The molecule has 9 nitrogen and oxygen atoms in total. The van der Waals surface area contributed by atoms with E-state index in [9.17, 15) is 14.3 Å². The van der Waals surface area contributed by atoms with Crippen molar-refractivity contribution in [3.8, 4) is 28.1 Å². The molecule has 2 atom stereocenters. The molecule has 1 aliphatic rings. The fraction of sp³-hybridized carbons (Fsp3) is 0.410. The summed E-state index contributed by atoms with van der Waals surface area (Å²) in [7, 11) is 0. The lowest BCUT2D eigenvalue weighted by Gasteiger charge is -2.41. The minimum atomic E-state index is -1.27. The number of rotatable bonds is 13. The third-order valence-corrected chi connectivity index (χ3v) is 8.67. The highest BCUT2D eigenvalue weighted by Gasteiger charge is 2.37. The van der Waals surface area contributed by atoms with Gasteiger partial charge in [0, 0.05) is 48.5 Å². The van der Waals surface area contributed by atoms with Crippen LogP contribution >= 0.6 is 0 Å². The Morgan fingerprint density at radius 2 is 1.82 bits per heavy atom. The average Bonchev–Trinajstić information content (AvgIpc) is 3.46. The second-order valence-electron chi connectivity index (χ2n) is 13.9. The average molecular weight is 671 g/mol. The summed E-state index contributed by atoms with van der Waals surface area (Å²) in [6.45, 7) is 20.6. The van der Waals surface area contributed by atoms with E-state index in [1.807, 2.05) is 65.0 Å². The molecule has 1 fully saturated rings. The molecule has 2 aromatic heterocycles. The van der Waals surface area contributed by atoms with E-state index in [-0.39, 0.29) is 17.5 Å². The normalized spacial score (nSPS) is 15.9. The van der Waals surface area contributed by atoms with Crippen molar-refractivity contribution in [2.75, 3.05) is 24.6 Å². The van der Waals surface area contributed by atoms with Crippen molar-refractivity contribution in [2.24, 2.45) is 0 Å². The van der Waals surface area contributed by atoms with Gasteiger partial charge in [0.25, 0.3) is 0 Å². The van der Waals surface area contributed by atoms with Crippen LogP contribution in [0, 0.1) is 12.7 Å². The zero-order valence-electron chi connectivity index (χ0n) is 29.3. The summed E-state index contributed by atoms with van der Waals surface area (Å²) in [5.41, 5.74) is 3.58. The first-order chi connectivity index (χ1) is 23.2. The highest BCUT2D eigenvalue weighted by molar-refractivity contribution is 5.80. The van der Waals surface area contributed by atoms with Crippen LogP contribution in [0.5, 0.6) is 5.75 Å². The van der Waals surface area contributed by atoms with Crippen LogP contribution in [-0.4, -0.2) is 62.7 Å². The standard InChI is InChI=1S/C39H47FN4O5/c1-9-12-25(3)48-32-23-29(40)15-16-30(32)27-13-11-14-28(22-27)31-24-33-41-26(4)34(35(37(45)46)49-38(5,6)7)36(44(33)42-31)43-19-17-39(8,18-20-43)47-21-10-2/h9-11,13-16,22-25,35H,1-2,12,17-21H2,3-8H3,(H,45,46)/t25-,35?/m0/s1. The van der Waals surface area contributed by atoms with Gasteiger partial charge in [-0.05, 0) is 78.1 Å². The number of carbonyl (C=O) groups is 1. The Labute approximate surface area is 288 Å². The molecule has 260 valence electrons. The number of halogens is 1. The van der Waals surface area contributed by atoms with Crippen molar-refractivity contribution in [2.45, 2.75) is 84.2 Å². The van der Waals surface area contributed by atoms with Gasteiger partial charge < -0.3 is 24.2 Å². The number of ether oxygens (including phenoxy) is 3. The number of aliphatic carboxylic acids is 1. The van der Waals surface area contributed by atoms with E-state index in [4.69, 9.17) is 24.3 Å². The van der Waals surface area contributed by atoms with E-state index >= 15 is 0 Å². The molecule has 10 heteroatoms. The fourth-order valence-electron chi connectivity index (χ4n) is 6.23. The minimum absolute atomic E-state index is 0.181. The molecule has 0 saturated carbocycles. The Hall–Kier alpha value is -4.54. The molecule has 1 aliphatic heterocycles. The van der Waals surface area contributed by atoms with Crippen LogP contribution in [0.1, 0.15) is 71.2 Å². The monoisotopic (exact) mass is 670 g/mol. The van der Waals surface area contributed by atoms with Gasteiger partial charge in [0.15, 0.2) is 11.8 Å². The van der Waals surface area contributed by atoms with Crippen LogP contribution in [0.3, 0.4) is 0 Å². The molecule has 2 aromatic carbocycles. The molecular weight excluding hydrogens is 623 g/mol. The van der Waals surface area contributed by atoms with Crippen molar-refractivity contribution in [1.82, 2.24) is 14.6 Å². The van der Waals surface area contributed by atoms with E-state index < -0.39 is 17.7 Å². The molecule has 0 aliphatic carbocycles. The second kappa shape index (κ2) is 14.5. The van der Waals surface area contributed by atoms with Gasteiger partial charge in [-0.3, -0.25) is 0 Å². The highest BCUT2D eigenvalue weighted by Crippen LogP contribution is 2.39. The van der Waals surface area contributed by atoms with Crippen molar-refractivity contribution in [1.29, 1.82) is 0 Å². The maximum atomic E-state index is 14.3. The second-order valence-corrected chi connectivity index (χ2v) is 13.9. The summed E-state index contributed by atoms with van der Waals surface area (Å²) in [6, 6.07) is 14.2.